The fourth-order valence-corrected chi connectivity index (χ4v) is 2.09. The molecule has 0 spiro atoms. The van der Waals surface area contributed by atoms with Crippen molar-refractivity contribution in [3.05, 3.63) is 11.1 Å². The summed E-state index contributed by atoms with van der Waals surface area (Å²) >= 11 is 1.28. The number of halogens is 1. The molecule has 1 aliphatic heterocycles. The van der Waals surface area contributed by atoms with Crippen molar-refractivity contribution in [3.8, 4) is 0 Å². The molecule has 0 atom stereocenters. The Morgan fingerprint density at radius 3 is 2.92 bits per heavy atom. The number of hydrogen-bond donors (Lipinski definition) is 1. The smallest absolute Gasteiger partial charge is 0.119 e. The Labute approximate surface area is 80.5 Å². The van der Waals surface area contributed by atoms with Crippen LogP contribution in [0.3, 0.4) is 0 Å². The standard InChI is InChI=1S/C8H12FN3S/c9-8(1-3-10-4-2-8)5-7-6-13-12-11-7/h6,10H,1-5H2. The zero-order valence-electron chi connectivity index (χ0n) is 7.29. The van der Waals surface area contributed by atoms with Gasteiger partial charge in [-0.3, -0.25) is 0 Å². The maximum absolute atomic E-state index is 14.0. The van der Waals surface area contributed by atoms with Gasteiger partial charge in [0.25, 0.3) is 0 Å². The summed E-state index contributed by atoms with van der Waals surface area (Å²) in [4.78, 5) is 0. The van der Waals surface area contributed by atoms with Crippen molar-refractivity contribution in [3.63, 3.8) is 0 Å². The highest BCUT2D eigenvalue weighted by atomic mass is 32.1. The molecule has 1 aromatic heterocycles. The van der Waals surface area contributed by atoms with E-state index in [1.165, 1.54) is 11.5 Å². The topological polar surface area (TPSA) is 37.8 Å². The van der Waals surface area contributed by atoms with Gasteiger partial charge in [0, 0.05) is 11.8 Å². The molecule has 0 bridgehead atoms. The lowest BCUT2D eigenvalue weighted by atomic mass is 9.90. The Kier molecular flexibility index (Phi) is 2.55. The van der Waals surface area contributed by atoms with Gasteiger partial charge in [-0.25, -0.2) is 4.39 Å². The average molecular weight is 201 g/mol. The van der Waals surface area contributed by atoms with Crippen molar-refractivity contribution < 1.29 is 4.39 Å². The predicted octanol–water partition coefficient (Wildman–Crippen LogP) is 1.17. The molecule has 1 aromatic rings. The van der Waals surface area contributed by atoms with E-state index in [2.05, 4.69) is 14.9 Å². The predicted molar refractivity (Wildman–Crippen MR) is 49.6 cm³/mol. The highest BCUT2D eigenvalue weighted by molar-refractivity contribution is 7.03. The average Bonchev–Trinajstić information content (AvgIpc) is 2.57. The van der Waals surface area contributed by atoms with E-state index < -0.39 is 5.67 Å². The van der Waals surface area contributed by atoms with Gasteiger partial charge in [0.2, 0.25) is 0 Å². The Balaban J connectivity index is 1.99. The second-order valence-electron chi connectivity index (χ2n) is 3.47. The zero-order valence-corrected chi connectivity index (χ0v) is 8.11. The van der Waals surface area contributed by atoms with E-state index in [0.29, 0.717) is 19.3 Å². The number of rotatable bonds is 2. The van der Waals surface area contributed by atoms with Gasteiger partial charge in [0.15, 0.2) is 0 Å². The summed E-state index contributed by atoms with van der Waals surface area (Å²) in [5.41, 5.74) is -0.268. The van der Waals surface area contributed by atoms with Gasteiger partial charge in [-0.15, -0.1) is 5.10 Å². The van der Waals surface area contributed by atoms with Crippen LogP contribution in [-0.4, -0.2) is 28.3 Å². The monoisotopic (exact) mass is 201 g/mol. The van der Waals surface area contributed by atoms with Gasteiger partial charge >= 0.3 is 0 Å². The van der Waals surface area contributed by atoms with Crippen molar-refractivity contribution in [1.82, 2.24) is 14.9 Å². The van der Waals surface area contributed by atoms with Crippen molar-refractivity contribution in [2.24, 2.45) is 0 Å². The second kappa shape index (κ2) is 3.67. The second-order valence-corrected chi connectivity index (χ2v) is 4.08. The van der Waals surface area contributed by atoms with Gasteiger partial charge in [-0.2, -0.15) is 0 Å². The minimum atomic E-state index is -1.05. The molecular formula is C8H12FN3S. The maximum atomic E-state index is 14.0. The van der Waals surface area contributed by atoms with Crippen LogP contribution in [0.5, 0.6) is 0 Å². The van der Waals surface area contributed by atoms with Gasteiger partial charge in [0.05, 0.1) is 5.69 Å². The minimum absolute atomic E-state index is 0.422. The first kappa shape index (κ1) is 9.02. The van der Waals surface area contributed by atoms with Gasteiger partial charge < -0.3 is 5.32 Å². The Morgan fingerprint density at radius 1 is 1.54 bits per heavy atom. The molecule has 2 heterocycles. The lowest BCUT2D eigenvalue weighted by Crippen LogP contribution is -2.40. The number of nitrogens with zero attached hydrogens (tertiary/aromatic N) is 2. The first-order valence-corrected chi connectivity index (χ1v) is 5.28. The summed E-state index contributed by atoms with van der Waals surface area (Å²) in [6.07, 6.45) is 1.60. The van der Waals surface area contributed by atoms with Crippen LogP contribution in [0.25, 0.3) is 0 Å². The van der Waals surface area contributed by atoms with Crippen LogP contribution < -0.4 is 5.32 Å². The Hall–Kier alpha value is -0.550. The molecule has 0 radical (unpaired) electrons. The maximum Gasteiger partial charge on any atom is 0.119 e. The highest BCUT2D eigenvalue weighted by Gasteiger charge is 2.32. The fraction of sp³-hybridized carbons (Fsp3) is 0.750. The van der Waals surface area contributed by atoms with Crippen molar-refractivity contribution in [1.29, 1.82) is 0 Å². The normalized spacial score (nSPS) is 21.6. The number of alkyl halides is 1. The number of nitrogens with one attached hydrogen (secondary N) is 1. The molecule has 72 valence electrons. The molecule has 0 saturated carbocycles. The summed E-state index contributed by atoms with van der Waals surface area (Å²) < 4.78 is 17.8. The van der Waals surface area contributed by atoms with Crippen molar-refractivity contribution >= 4 is 11.5 Å². The summed E-state index contributed by atoms with van der Waals surface area (Å²) in [5, 5.41) is 8.83. The van der Waals surface area contributed by atoms with Crippen LogP contribution in [0.15, 0.2) is 5.38 Å². The summed E-state index contributed by atoms with van der Waals surface area (Å²) in [6, 6.07) is 0. The molecule has 0 amide bonds. The lowest BCUT2D eigenvalue weighted by molar-refractivity contribution is 0.115. The van der Waals surface area contributed by atoms with Crippen molar-refractivity contribution in [2.75, 3.05) is 13.1 Å². The molecule has 0 aliphatic carbocycles. The molecule has 2 rings (SSSR count). The van der Waals surface area contributed by atoms with E-state index in [4.69, 9.17) is 0 Å². The molecule has 0 unspecified atom stereocenters. The van der Waals surface area contributed by atoms with E-state index >= 15 is 0 Å². The van der Waals surface area contributed by atoms with Crippen molar-refractivity contribution in [2.45, 2.75) is 24.9 Å². The number of aromatic nitrogens is 2. The molecule has 1 N–H and O–H groups in total. The SMILES string of the molecule is FC1(Cc2csnn2)CCNCC1. The van der Waals surface area contributed by atoms with Crippen LogP contribution in [-0.2, 0) is 6.42 Å². The largest absolute Gasteiger partial charge is 0.316 e. The third-order valence-electron chi connectivity index (χ3n) is 2.40. The van der Waals surface area contributed by atoms with E-state index in [0.717, 1.165) is 18.8 Å². The van der Waals surface area contributed by atoms with Gasteiger partial charge in [-0.1, -0.05) is 4.49 Å². The first-order chi connectivity index (χ1) is 6.29. The summed E-state index contributed by atoms with van der Waals surface area (Å²) in [5.74, 6) is 0. The Bertz CT molecular complexity index is 256. The number of piperidine rings is 1. The molecule has 1 fully saturated rings. The van der Waals surface area contributed by atoms with Crippen LogP contribution >= 0.6 is 11.5 Å². The molecule has 1 aliphatic rings. The zero-order chi connectivity index (χ0) is 9.15. The Morgan fingerprint density at radius 2 is 2.31 bits per heavy atom. The first-order valence-electron chi connectivity index (χ1n) is 4.44. The quantitative estimate of drug-likeness (QED) is 0.780. The van der Waals surface area contributed by atoms with Crippen LogP contribution in [0.1, 0.15) is 18.5 Å². The van der Waals surface area contributed by atoms with Crippen LogP contribution in [0.4, 0.5) is 4.39 Å². The molecule has 0 aromatic carbocycles. The highest BCUT2D eigenvalue weighted by Crippen LogP contribution is 2.27. The minimum Gasteiger partial charge on any atom is -0.316 e. The summed E-state index contributed by atoms with van der Waals surface area (Å²) in [6.45, 7) is 1.54. The van der Waals surface area contributed by atoms with E-state index in [-0.39, 0.29) is 0 Å². The third-order valence-corrected chi connectivity index (χ3v) is 2.96. The number of hydrogen-bond acceptors (Lipinski definition) is 4. The fourth-order valence-electron chi connectivity index (χ4n) is 1.64. The van der Waals surface area contributed by atoms with Gasteiger partial charge in [0.1, 0.15) is 5.67 Å². The molecule has 13 heavy (non-hydrogen) atoms. The molecule has 5 heteroatoms. The summed E-state index contributed by atoms with van der Waals surface area (Å²) in [7, 11) is 0. The molecular weight excluding hydrogens is 189 g/mol. The third kappa shape index (κ3) is 2.22. The van der Waals surface area contributed by atoms with E-state index in [1.54, 1.807) is 0 Å². The molecule has 1 saturated heterocycles. The van der Waals surface area contributed by atoms with E-state index in [1.807, 2.05) is 5.38 Å². The van der Waals surface area contributed by atoms with E-state index in [9.17, 15) is 4.39 Å². The van der Waals surface area contributed by atoms with Crippen LogP contribution in [0.2, 0.25) is 0 Å². The van der Waals surface area contributed by atoms with Crippen LogP contribution in [0, 0.1) is 0 Å². The lowest BCUT2D eigenvalue weighted by Gasteiger charge is -2.29. The molecule has 3 nitrogen and oxygen atoms in total. The van der Waals surface area contributed by atoms with Gasteiger partial charge in [-0.05, 0) is 37.5 Å².